The molecule has 0 saturated heterocycles. The third kappa shape index (κ3) is 3.75. The van der Waals surface area contributed by atoms with Gasteiger partial charge < -0.3 is 15.1 Å². The van der Waals surface area contributed by atoms with Crippen LogP contribution in [-0.2, 0) is 0 Å². The fourth-order valence-electron chi connectivity index (χ4n) is 1.46. The van der Waals surface area contributed by atoms with Crippen molar-refractivity contribution in [1.29, 1.82) is 0 Å². The third-order valence-corrected chi connectivity index (χ3v) is 2.28. The van der Waals surface area contributed by atoms with Crippen molar-refractivity contribution in [3.63, 3.8) is 0 Å². The highest BCUT2D eigenvalue weighted by Crippen LogP contribution is 2.18. The van der Waals surface area contributed by atoms with E-state index in [1.807, 2.05) is 6.92 Å². The van der Waals surface area contributed by atoms with Gasteiger partial charge >= 0.3 is 0 Å². The van der Waals surface area contributed by atoms with Gasteiger partial charge in [-0.15, -0.1) is 0 Å². The molecule has 94 valence electrons. The Bertz CT molecular complexity index is 377. The highest BCUT2D eigenvalue weighted by Gasteiger charge is 2.23. The van der Waals surface area contributed by atoms with Gasteiger partial charge in [-0.1, -0.05) is 12.1 Å². The van der Waals surface area contributed by atoms with Crippen molar-refractivity contribution < 1.29 is 15.1 Å². The molecule has 0 spiro atoms. The second-order valence-electron chi connectivity index (χ2n) is 4.38. The first-order valence-electron chi connectivity index (χ1n) is 5.67. The number of nitrogens with zero attached hydrogens (tertiary/aromatic N) is 1. The SMILES string of the molecule is CCCOc1ccc(C(=NO)C(C)(C)O)cc1. The summed E-state index contributed by atoms with van der Waals surface area (Å²) in [5.41, 5.74) is -0.274. The van der Waals surface area contributed by atoms with E-state index in [1.165, 1.54) is 0 Å². The van der Waals surface area contributed by atoms with Gasteiger partial charge in [-0.05, 0) is 44.5 Å². The summed E-state index contributed by atoms with van der Waals surface area (Å²) < 4.78 is 5.44. The Hall–Kier alpha value is -1.55. The Labute approximate surface area is 102 Å². The van der Waals surface area contributed by atoms with Gasteiger partial charge in [-0.25, -0.2) is 0 Å². The van der Waals surface area contributed by atoms with Crippen LogP contribution in [-0.4, -0.2) is 28.2 Å². The lowest BCUT2D eigenvalue weighted by Crippen LogP contribution is -2.32. The van der Waals surface area contributed by atoms with Gasteiger partial charge in [0.15, 0.2) is 0 Å². The first-order chi connectivity index (χ1) is 7.99. The number of hydrogen-bond donors (Lipinski definition) is 2. The minimum atomic E-state index is -1.18. The molecule has 0 heterocycles. The molecule has 0 aliphatic rings. The maximum absolute atomic E-state index is 9.82. The second kappa shape index (κ2) is 5.68. The van der Waals surface area contributed by atoms with E-state index in [-0.39, 0.29) is 5.71 Å². The molecule has 0 aliphatic heterocycles. The monoisotopic (exact) mass is 237 g/mol. The molecular formula is C13H19NO3. The van der Waals surface area contributed by atoms with Crippen molar-refractivity contribution in [2.45, 2.75) is 32.8 Å². The van der Waals surface area contributed by atoms with Crippen molar-refractivity contribution >= 4 is 5.71 Å². The lowest BCUT2D eigenvalue weighted by Gasteiger charge is -2.18. The number of ether oxygens (including phenoxy) is 1. The molecule has 4 nitrogen and oxygen atoms in total. The molecule has 0 saturated carbocycles. The first kappa shape index (κ1) is 13.5. The van der Waals surface area contributed by atoms with Crippen molar-refractivity contribution in [1.82, 2.24) is 0 Å². The van der Waals surface area contributed by atoms with E-state index in [0.717, 1.165) is 12.2 Å². The molecule has 0 unspecified atom stereocenters. The van der Waals surface area contributed by atoms with E-state index in [4.69, 9.17) is 9.94 Å². The molecule has 0 amide bonds. The van der Waals surface area contributed by atoms with Gasteiger partial charge in [-0.3, -0.25) is 0 Å². The van der Waals surface area contributed by atoms with Crippen LogP contribution >= 0.6 is 0 Å². The summed E-state index contributed by atoms with van der Waals surface area (Å²) in [6, 6.07) is 7.11. The molecule has 4 heteroatoms. The van der Waals surface area contributed by atoms with E-state index in [2.05, 4.69) is 5.16 Å². The Kier molecular flexibility index (Phi) is 4.52. The smallest absolute Gasteiger partial charge is 0.119 e. The highest BCUT2D eigenvalue weighted by atomic mass is 16.5. The van der Waals surface area contributed by atoms with Crippen molar-refractivity contribution in [2.75, 3.05) is 6.61 Å². The summed E-state index contributed by atoms with van der Waals surface area (Å²) in [5.74, 6) is 0.767. The molecule has 17 heavy (non-hydrogen) atoms. The van der Waals surface area contributed by atoms with Crippen molar-refractivity contribution in [3.05, 3.63) is 29.8 Å². The molecule has 0 aliphatic carbocycles. The summed E-state index contributed by atoms with van der Waals surface area (Å²) in [6.07, 6.45) is 0.953. The van der Waals surface area contributed by atoms with Crippen molar-refractivity contribution in [2.24, 2.45) is 5.16 Å². The van der Waals surface area contributed by atoms with Crippen LogP contribution in [0, 0.1) is 0 Å². The van der Waals surface area contributed by atoms with Gasteiger partial charge in [0, 0.05) is 5.56 Å². The van der Waals surface area contributed by atoms with Gasteiger partial charge in [-0.2, -0.15) is 0 Å². The van der Waals surface area contributed by atoms with E-state index >= 15 is 0 Å². The summed E-state index contributed by atoms with van der Waals surface area (Å²) in [5, 5.41) is 21.9. The quantitative estimate of drug-likeness (QED) is 0.469. The minimum absolute atomic E-state index is 0.236. The average Bonchev–Trinajstić information content (AvgIpc) is 2.27. The minimum Gasteiger partial charge on any atom is -0.494 e. The molecule has 1 aromatic carbocycles. The number of aliphatic hydroxyl groups is 1. The Morgan fingerprint density at radius 3 is 2.29 bits per heavy atom. The van der Waals surface area contributed by atoms with Crippen LogP contribution in [0.5, 0.6) is 5.75 Å². The van der Waals surface area contributed by atoms with Crippen LogP contribution in [0.25, 0.3) is 0 Å². The predicted molar refractivity (Wildman–Crippen MR) is 66.8 cm³/mol. The largest absolute Gasteiger partial charge is 0.494 e. The fraction of sp³-hybridized carbons (Fsp3) is 0.462. The number of oxime groups is 1. The maximum Gasteiger partial charge on any atom is 0.119 e. The zero-order valence-electron chi connectivity index (χ0n) is 10.5. The van der Waals surface area contributed by atoms with Crippen molar-refractivity contribution in [3.8, 4) is 5.75 Å². The van der Waals surface area contributed by atoms with Crippen LogP contribution in [0.4, 0.5) is 0 Å². The Balaban J connectivity index is 2.87. The molecule has 0 fully saturated rings. The molecular weight excluding hydrogens is 218 g/mol. The van der Waals surface area contributed by atoms with E-state index < -0.39 is 5.60 Å². The van der Waals surface area contributed by atoms with Crippen LogP contribution in [0.1, 0.15) is 32.8 Å². The van der Waals surface area contributed by atoms with Crippen LogP contribution in [0.15, 0.2) is 29.4 Å². The third-order valence-electron chi connectivity index (χ3n) is 2.28. The summed E-state index contributed by atoms with van der Waals surface area (Å²) >= 11 is 0. The molecule has 0 aromatic heterocycles. The summed E-state index contributed by atoms with van der Waals surface area (Å²) in [4.78, 5) is 0. The summed E-state index contributed by atoms with van der Waals surface area (Å²) in [6.45, 7) is 5.86. The van der Waals surface area contributed by atoms with Gasteiger partial charge in [0.05, 0.1) is 6.61 Å². The van der Waals surface area contributed by atoms with Gasteiger partial charge in [0.25, 0.3) is 0 Å². The normalized spacial score (nSPS) is 12.6. The molecule has 0 atom stereocenters. The number of rotatable bonds is 5. The molecule has 2 N–H and O–H groups in total. The standard InChI is InChI=1S/C13H19NO3/c1-4-9-17-11-7-5-10(6-8-11)12(14-16)13(2,3)15/h5-8,15-16H,4,9H2,1-3H3. The lowest BCUT2D eigenvalue weighted by molar-refractivity contribution is 0.148. The van der Waals surface area contributed by atoms with Crippen LogP contribution in [0.2, 0.25) is 0 Å². The van der Waals surface area contributed by atoms with Crippen LogP contribution in [0.3, 0.4) is 0 Å². The van der Waals surface area contributed by atoms with Crippen LogP contribution < -0.4 is 4.74 Å². The zero-order valence-corrected chi connectivity index (χ0v) is 10.5. The number of hydrogen-bond acceptors (Lipinski definition) is 4. The molecule has 0 bridgehead atoms. The topological polar surface area (TPSA) is 62.0 Å². The van der Waals surface area contributed by atoms with E-state index in [0.29, 0.717) is 12.2 Å². The molecule has 1 rings (SSSR count). The first-order valence-corrected chi connectivity index (χ1v) is 5.67. The second-order valence-corrected chi connectivity index (χ2v) is 4.38. The maximum atomic E-state index is 9.82. The zero-order chi connectivity index (χ0) is 12.9. The van der Waals surface area contributed by atoms with E-state index in [1.54, 1.807) is 38.1 Å². The summed E-state index contributed by atoms with van der Waals surface area (Å²) in [7, 11) is 0. The fourth-order valence-corrected chi connectivity index (χ4v) is 1.46. The van der Waals surface area contributed by atoms with Gasteiger partial charge in [0.1, 0.15) is 17.1 Å². The van der Waals surface area contributed by atoms with E-state index in [9.17, 15) is 5.11 Å². The number of benzene rings is 1. The predicted octanol–water partition coefficient (Wildman–Crippen LogP) is 2.42. The average molecular weight is 237 g/mol. The Morgan fingerprint density at radius 2 is 1.88 bits per heavy atom. The highest BCUT2D eigenvalue weighted by molar-refractivity contribution is 6.05. The lowest BCUT2D eigenvalue weighted by atomic mass is 9.96. The molecule has 0 radical (unpaired) electrons. The Morgan fingerprint density at radius 1 is 1.29 bits per heavy atom. The van der Waals surface area contributed by atoms with Gasteiger partial charge in [0.2, 0.25) is 0 Å². The molecule has 1 aromatic rings.